The van der Waals surface area contributed by atoms with Gasteiger partial charge in [-0.2, -0.15) is 0 Å². The summed E-state index contributed by atoms with van der Waals surface area (Å²) >= 11 is 0. The summed E-state index contributed by atoms with van der Waals surface area (Å²) in [6.07, 6.45) is 9.35. The summed E-state index contributed by atoms with van der Waals surface area (Å²) in [6.45, 7) is 4.03. The van der Waals surface area contributed by atoms with Gasteiger partial charge in [0.25, 0.3) is 0 Å². The second kappa shape index (κ2) is 7.25. The highest BCUT2D eigenvalue weighted by atomic mass is 16.5. The van der Waals surface area contributed by atoms with E-state index in [0.29, 0.717) is 12.1 Å². The summed E-state index contributed by atoms with van der Waals surface area (Å²) < 4.78 is 11.0. The van der Waals surface area contributed by atoms with E-state index in [4.69, 9.17) is 9.47 Å². The summed E-state index contributed by atoms with van der Waals surface area (Å²) in [6, 6.07) is 0.705. The second-order valence-corrected chi connectivity index (χ2v) is 4.97. The van der Waals surface area contributed by atoms with Crippen molar-refractivity contribution in [3.05, 3.63) is 0 Å². The van der Waals surface area contributed by atoms with Crippen molar-refractivity contribution >= 4 is 0 Å². The normalized spacial score (nSPS) is 27.4. The van der Waals surface area contributed by atoms with E-state index >= 15 is 0 Å². The Balaban J connectivity index is 1.42. The van der Waals surface area contributed by atoms with Crippen LogP contribution in [0.3, 0.4) is 0 Å². The van der Waals surface area contributed by atoms with Gasteiger partial charge in [0.1, 0.15) is 0 Å². The van der Waals surface area contributed by atoms with Crippen LogP contribution in [0.15, 0.2) is 0 Å². The summed E-state index contributed by atoms with van der Waals surface area (Å²) in [4.78, 5) is 0. The highest BCUT2D eigenvalue weighted by Crippen LogP contribution is 2.17. The molecule has 16 heavy (non-hydrogen) atoms. The van der Waals surface area contributed by atoms with E-state index < -0.39 is 0 Å². The molecule has 0 saturated carbocycles. The Hall–Kier alpha value is -0.120. The standard InChI is InChI=1S/C13H25NO2/c1(4-13-5-3-9-16-13)2-8-14-12-6-10-15-11-7-12/h12-14H,1-11H2. The van der Waals surface area contributed by atoms with Gasteiger partial charge >= 0.3 is 0 Å². The van der Waals surface area contributed by atoms with Crippen LogP contribution in [0.4, 0.5) is 0 Å². The molecule has 0 aromatic heterocycles. The molecule has 3 heteroatoms. The first-order valence-electron chi connectivity index (χ1n) is 6.88. The molecule has 94 valence electrons. The second-order valence-electron chi connectivity index (χ2n) is 4.97. The monoisotopic (exact) mass is 227 g/mol. The van der Waals surface area contributed by atoms with Gasteiger partial charge in [-0.3, -0.25) is 0 Å². The molecule has 2 fully saturated rings. The number of unbranched alkanes of at least 4 members (excludes halogenated alkanes) is 1. The zero-order valence-corrected chi connectivity index (χ0v) is 10.2. The third kappa shape index (κ3) is 4.40. The van der Waals surface area contributed by atoms with Gasteiger partial charge in [0.15, 0.2) is 0 Å². The predicted octanol–water partition coefficient (Wildman–Crippen LogP) is 2.10. The topological polar surface area (TPSA) is 30.5 Å². The van der Waals surface area contributed by atoms with Gasteiger partial charge in [-0.25, -0.2) is 0 Å². The van der Waals surface area contributed by atoms with Crippen LogP contribution in [0.2, 0.25) is 0 Å². The van der Waals surface area contributed by atoms with Crippen molar-refractivity contribution < 1.29 is 9.47 Å². The summed E-state index contributed by atoms with van der Waals surface area (Å²) in [7, 11) is 0. The third-order valence-electron chi connectivity index (χ3n) is 3.63. The van der Waals surface area contributed by atoms with E-state index in [0.717, 1.165) is 26.4 Å². The summed E-state index contributed by atoms with van der Waals surface area (Å²) in [5.74, 6) is 0. The fraction of sp³-hybridized carbons (Fsp3) is 1.00. The van der Waals surface area contributed by atoms with Gasteiger partial charge in [0.05, 0.1) is 6.10 Å². The molecule has 2 aliphatic rings. The summed E-state index contributed by atoms with van der Waals surface area (Å²) in [5, 5.41) is 3.63. The van der Waals surface area contributed by atoms with E-state index in [9.17, 15) is 0 Å². The van der Waals surface area contributed by atoms with E-state index in [-0.39, 0.29) is 0 Å². The lowest BCUT2D eigenvalue weighted by atomic mass is 10.1. The number of ether oxygens (including phenoxy) is 2. The molecule has 1 atom stereocenters. The molecule has 1 N–H and O–H groups in total. The fourth-order valence-electron chi connectivity index (χ4n) is 2.58. The first-order chi connectivity index (χ1) is 7.95. The Morgan fingerprint density at radius 1 is 1.00 bits per heavy atom. The zero-order chi connectivity index (χ0) is 11.1. The highest BCUT2D eigenvalue weighted by Gasteiger charge is 2.15. The molecule has 2 aliphatic heterocycles. The molecular weight excluding hydrogens is 202 g/mol. The van der Waals surface area contributed by atoms with Crippen LogP contribution in [0, 0.1) is 0 Å². The molecule has 0 aromatic rings. The molecule has 0 aliphatic carbocycles. The van der Waals surface area contributed by atoms with E-state index in [2.05, 4.69) is 5.32 Å². The lowest BCUT2D eigenvalue weighted by Gasteiger charge is -2.23. The van der Waals surface area contributed by atoms with Crippen molar-refractivity contribution in [3.63, 3.8) is 0 Å². The van der Waals surface area contributed by atoms with Crippen molar-refractivity contribution in [3.8, 4) is 0 Å². The molecule has 2 saturated heterocycles. The quantitative estimate of drug-likeness (QED) is 0.705. The average Bonchev–Trinajstić information content (AvgIpc) is 2.83. The largest absolute Gasteiger partial charge is 0.381 e. The maximum absolute atomic E-state index is 5.61. The van der Waals surface area contributed by atoms with Crippen LogP contribution >= 0.6 is 0 Å². The van der Waals surface area contributed by atoms with Gasteiger partial charge in [-0.05, 0) is 51.5 Å². The number of rotatable bonds is 6. The number of nitrogens with one attached hydrogen (secondary N) is 1. The smallest absolute Gasteiger partial charge is 0.0576 e. The van der Waals surface area contributed by atoms with Gasteiger partial charge < -0.3 is 14.8 Å². The molecule has 3 nitrogen and oxygen atoms in total. The molecule has 2 heterocycles. The lowest BCUT2D eigenvalue weighted by Crippen LogP contribution is -2.35. The van der Waals surface area contributed by atoms with Crippen LogP contribution in [-0.2, 0) is 9.47 Å². The van der Waals surface area contributed by atoms with E-state index in [1.807, 2.05) is 0 Å². The summed E-state index contributed by atoms with van der Waals surface area (Å²) in [5.41, 5.74) is 0. The minimum Gasteiger partial charge on any atom is -0.381 e. The first-order valence-corrected chi connectivity index (χ1v) is 6.88. The highest BCUT2D eigenvalue weighted by molar-refractivity contribution is 4.70. The van der Waals surface area contributed by atoms with Crippen molar-refractivity contribution in [2.75, 3.05) is 26.4 Å². The molecule has 0 aromatic carbocycles. The molecule has 0 amide bonds. The van der Waals surface area contributed by atoms with Gasteiger partial charge in [-0.1, -0.05) is 0 Å². The van der Waals surface area contributed by atoms with Crippen LogP contribution in [0.5, 0.6) is 0 Å². The zero-order valence-electron chi connectivity index (χ0n) is 10.2. The Bertz CT molecular complexity index is 175. The Morgan fingerprint density at radius 2 is 1.88 bits per heavy atom. The molecule has 0 spiro atoms. The number of hydrogen-bond donors (Lipinski definition) is 1. The fourth-order valence-corrected chi connectivity index (χ4v) is 2.58. The van der Waals surface area contributed by atoms with Crippen molar-refractivity contribution in [2.24, 2.45) is 0 Å². The van der Waals surface area contributed by atoms with Gasteiger partial charge in [-0.15, -0.1) is 0 Å². The maximum Gasteiger partial charge on any atom is 0.0576 e. The minimum absolute atomic E-state index is 0.572. The van der Waals surface area contributed by atoms with Crippen molar-refractivity contribution in [1.82, 2.24) is 5.32 Å². The van der Waals surface area contributed by atoms with Crippen LogP contribution in [-0.4, -0.2) is 38.5 Å². The minimum atomic E-state index is 0.572. The third-order valence-corrected chi connectivity index (χ3v) is 3.63. The lowest BCUT2D eigenvalue weighted by molar-refractivity contribution is 0.0776. The maximum atomic E-state index is 5.61. The Kier molecular flexibility index (Phi) is 5.59. The van der Waals surface area contributed by atoms with Crippen LogP contribution < -0.4 is 5.32 Å². The number of hydrogen-bond acceptors (Lipinski definition) is 3. The molecule has 0 bridgehead atoms. The van der Waals surface area contributed by atoms with E-state index in [1.165, 1.54) is 44.9 Å². The van der Waals surface area contributed by atoms with Gasteiger partial charge in [0.2, 0.25) is 0 Å². The SMILES string of the molecule is C(CCC1CCCO1)CNC1CCOCC1. The molecule has 1 unspecified atom stereocenters. The van der Waals surface area contributed by atoms with Crippen LogP contribution in [0.1, 0.15) is 44.9 Å². The molecule has 0 radical (unpaired) electrons. The van der Waals surface area contributed by atoms with Crippen molar-refractivity contribution in [1.29, 1.82) is 0 Å². The first kappa shape index (κ1) is 12.3. The molecular formula is C13H25NO2. The predicted molar refractivity (Wildman–Crippen MR) is 64.7 cm³/mol. The van der Waals surface area contributed by atoms with Gasteiger partial charge in [0, 0.05) is 25.9 Å². The Labute approximate surface area is 98.9 Å². The van der Waals surface area contributed by atoms with Crippen molar-refractivity contribution in [2.45, 2.75) is 57.1 Å². The molecule has 2 rings (SSSR count). The van der Waals surface area contributed by atoms with Crippen LogP contribution in [0.25, 0.3) is 0 Å². The van der Waals surface area contributed by atoms with E-state index in [1.54, 1.807) is 0 Å². The Morgan fingerprint density at radius 3 is 2.62 bits per heavy atom. The average molecular weight is 227 g/mol.